The second kappa shape index (κ2) is 7.51. The fourth-order valence-electron chi connectivity index (χ4n) is 2.69. The number of nitrogens with one attached hydrogen (secondary N) is 1. The lowest BCUT2D eigenvalue weighted by atomic mass is 10.2. The van der Waals surface area contributed by atoms with E-state index >= 15 is 0 Å². The number of benzene rings is 1. The molecule has 0 unspecified atom stereocenters. The summed E-state index contributed by atoms with van der Waals surface area (Å²) in [4.78, 5) is 22.3. The van der Waals surface area contributed by atoms with E-state index in [2.05, 4.69) is 20.4 Å². The lowest BCUT2D eigenvalue weighted by Crippen LogP contribution is -2.11. The molecule has 0 spiro atoms. The standard InChI is InChI=1S/C20H17N5OS/c1-14-18(17-9-5-6-10-21-17)27-20(23-14)24-19(26)16-11-22-25(13-16)12-15-7-3-2-4-8-15/h2-11,13H,12H2,1H3,(H,23,24,26). The first-order chi connectivity index (χ1) is 13.2. The molecule has 0 saturated carbocycles. The van der Waals surface area contributed by atoms with Gasteiger partial charge in [-0.1, -0.05) is 47.7 Å². The third-order valence-electron chi connectivity index (χ3n) is 4.00. The van der Waals surface area contributed by atoms with E-state index in [0.717, 1.165) is 21.8 Å². The van der Waals surface area contributed by atoms with E-state index in [1.54, 1.807) is 23.3 Å². The molecule has 0 aliphatic carbocycles. The maximum Gasteiger partial charge on any atom is 0.260 e. The number of hydrogen-bond donors (Lipinski definition) is 1. The van der Waals surface area contributed by atoms with E-state index in [1.807, 2.05) is 55.5 Å². The zero-order chi connectivity index (χ0) is 18.6. The molecular formula is C20H17N5OS. The van der Waals surface area contributed by atoms with Crippen molar-refractivity contribution in [3.63, 3.8) is 0 Å². The number of rotatable bonds is 5. The van der Waals surface area contributed by atoms with Crippen molar-refractivity contribution in [2.45, 2.75) is 13.5 Å². The third-order valence-corrected chi connectivity index (χ3v) is 5.09. The Morgan fingerprint density at radius 1 is 1.15 bits per heavy atom. The lowest BCUT2D eigenvalue weighted by Gasteiger charge is -2.01. The van der Waals surface area contributed by atoms with Crippen LogP contribution in [-0.4, -0.2) is 25.7 Å². The van der Waals surface area contributed by atoms with Gasteiger partial charge in [0.15, 0.2) is 5.13 Å². The zero-order valence-electron chi connectivity index (χ0n) is 14.7. The molecule has 3 heterocycles. The number of hydrogen-bond acceptors (Lipinski definition) is 5. The first-order valence-electron chi connectivity index (χ1n) is 8.45. The van der Waals surface area contributed by atoms with Gasteiger partial charge in [0.1, 0.15) is 0 Å². The minimum atomic E-state index is -0.226. The Morgan fingerprint density at radius 2 is 1.96 bits per heavy atom. The maximum absolute atomic E-state index is 12.5. The summed E-state index contributed by atoms with van der Waals surface area (Å²) in [5.74, 6) is -0.226. The molecule has 0 atom stereocenters. The van der Waals surface area contributed by atoms with Crippen molar-refractivity contribution in [3.05, 3.63) is 83.9 Å². The van der Waals surface area contributed by atoms with Gasteiger partial charge in [0.25, 0.3) is 5.91 Å². The molecule has 3 aromatic heterocycles. The van der Waals surface area contributed by atoms with Crippen molar-refractivity contribution >= 4 is 22.4 Å². The van der Waals surface area contributed by atoms with E-state index in [1.165, 1.54) is 11.3 Å². The fraction of sp³-hybridized carbons (Fsp3) is 0.100. The van der Waals surface area contributed by atoms with Crippen molar-refractivity contribution in [2.75, 3.05) is 5.32 Å². The van der Waals surface area contributed by atoms with Crippen LogP contribution in [-0.2, 0) is 6.54 Å². The number of aryl methyl sites for hydroxylation is 1. The van der Waals surface area contributed by atoms with Gasteiger partial charge in [-0.25, -0.2) is 4.98 Å². The van der Waals surface area contributed by atoms with Crippen LogP contribution in [0.3, 0.4) is 0 Å². The normalized spacial score (nSPS) is 10.7. The van der Waals surface area contributed by atoms with E-state index in [9.17, 15) is 4.79 Å². The number of carbonyl (C=O) groups is 1. The topological polar surface area (TPSA) is 72.7 Å². The van der Waals surface area contributed by atoms with E-state index in [4.69, 9.17) is 0 Å². The Hall–Kier alpha value is -3.32. The summed E-state index contributed by atoms with van der Waals surface area (Å²) >= 11 is 1.41. The van der Waals surface area contributed by atoms with Crippen LogP contribution in [0.4, 0.5) is 5.13 Å². The van der Waals surface area contributed by atoms with Gasteiger partial charge in [0, 0.05) is 12.4 Å². The third kappa shape index (κ3) is 3.93. The molecule has 0 radical (unpaired) electrons. The molecule has 134 valence electrons. The van der Waals surface area contributed by atoms with Crippen LogP contribution in [0.5, 0.6) is 0 Å². The maximum atomic E-state index is 12.5. The van der Waals surface area contributed by atoms with Crippen molar-refractivity contribution in [3.8, 4) is 10.6 Å². The Labute approximate surface area is 160 Å². The van der Waals surface area contributed by atoms with Crippen LogP contribution in [0.25, 0.3) is 10.6 Å². The molecule has 4 aromatic rings. The molecule has 0 aliphatic rings. The molecule has 0 aliphatic heterocycles. The minimum absolute atomic E-state index is 0.226. The fourth-order valence-corrected chi connectivity index (χ4v) is 3.63. The van der Waals surface area contributed by atoms with Gasteiger partial charge in [-0.05, 0) is 24.6 Å². The molecule has 6 nitrogen and oxygen atoms in total. The number of pyridine rings is 1. The van der Waals surface area contributed by atoms with E-state index in [0.29, 0.717) is 17.2 Å². The van der Waals surface area contributed by atoms with Gasteiger partial charge in [0.05, 0.1) is 34.6 Å². The van der Waals surface area contributed by atoms with Crippen molar-refractivity contribution in [1.82, 2.24) is 19.7 Å². The SMILES string of the molecule is Cc1nc(NC(=O)c2cnn(Cc3ccccc3)c2)sc1-c1ccccn1. The summed E-state index contributed by atoms with van der Waals surface area (Å²) in [5.41, 5.74) is 3.32. The van der Waals surface area contributed by atoms with Gasteiger partial charge >= 0.3 is 0 Å². The van der Waals surface area contributed by atoms with Crippen LogP contribution in [0.1, 0.15) is 21.6 Å². The van der Waals surface area contributed by atoms with E-state index in [-0.39, 0.29) is 5.91 Å². The number of thiazole rings is 1. The highest BCUT2D eigenvalue weighted by Crippen LogP contribution is 2.31. The predicted octanol–water partition coefficient (Wildman–Crippen LogP) is 4.01. The van der Waals surface area contributed by atoms with Gasteiger partial charge in [0.2, 0.25) is 0 Å². The predicted molar refractivity (Wildman–Crippen MR) is 106 cm³/mol. The molecule has 1 amide bonds. The summed E-state index contributed by atoms with van der Waals surface area (Å²) in [5, 5.41) is 7.68. The second-order valence-corrected chi connectivity index (χ2v) is 7.01. The second-order valence-electron chi connectivity index (χ2n) is 6.01. The van der Waals surface area contributed by atoms with Gasteiger partial charge in [-0.3, -0.25) is 19.8 Å². The highest BCUT2D eigenvalue weighted by Gasteiger charge is 2.15. The largest absolute Gasteiger partial charge is 0.298 e. The smallest absolute Gasteiger partial charge is 0.260 e. The van der Waals surface area contributed by atoms with Crippen molar-refractivity contribution in [2.24, 2.45) is 0 Å². The number of amides is 1. The lowest BCUT2D eigenvalue weighted by molar-refractivity contribution is 0.102. The molecule has 0 bridgehead atoms. The molecule has 1 N–H and O–H groups in total. The average Bonchev–Trinajstić information content (AvgIpc) is 3.30. The molecular weight excluding hydrogens is 358 g/mol. The number of carbonyl (C=O) groups excluding carboxylic acids is 1. The number of aromatic nitrogens is 4. The number of nitrogens with zero attached hydrogens (tertiary/aromatic N) is 4. The summed E-state index contributed by atoms with van der Waals surface area (Å²) in [6, 6.07) is 15.7. The minimum Gasteiger partial charge on any atom is -0.298 e. The Kier molecular flexibility index (Phi) is 4.76. The monoisotopic (exact) mass is 375 g/mol. The Morgan fingerprint density at radius 3 is 2.74 bits per heavy atom. The molecule has 27 heavy (non-hydrogen) atoms. The molecule has 0 saturated heterocycles. The van der Waals surface area contributed by atoms with Gasteiger partial charge in [-0.15, -0.1) is 0 Å². The summed E-state index contributed by atoms with van der Waals surface area (Å²) in [6.07, 6.45) is 5.05. The molecule has 7 heteroatoms. The zero-order valence-corrected chi connectivity index (χ0v) is 15.5. The number of anilines is 1. The van der Waals surface area contributed by atoms with Gasteiger partial charge < -0.3 is 0 Å². The first-order valence-corrected chi connectivity index (χ1v) is 9.27. The molecule has 0 fully saturated rings. The highest BCUT2D eigenvalue weighted by molar-refractivity contribution is 7.19. The van der Waals surface area contributed by atoms with Crippen LogP contribution < -0.4 is 5.32 Å². The Bertz CT molecular complexity index is 1060. The van der Waals surface area contributed by atoms with Crippen molar-refractivity contribution < 1.29 is 4.79 Å². The van der Waals surface area contributed by atoms with Crippen LogP contribution in [0.15, 0.2) is 67.1 Å². The molecule has 4 rings (SSSR count). The quantitative estimate of drug-likeness (QED) is 0.572. The highest BCUT2D eigenvalue weighted by atomic mass is 32.1. The summed E-state index contributed by atoms with van der Waals surface area (Å²) in [6.45, 7) is 2.53. The Balaban J connectivity index is 1.47. The van der Waals surface area contributed by atoms with Gasteiger partial charge in [-0.2, -0.15) is 5.10 Å². The van der Waals surface area contributed by atoms with Crippen LogP contribution in [0.2, 0.25) is 0 Å². The van der Waals surface area contributed by atoms with Crippen LogP contribution >= 0.6 is 11.3 Å². The van der Waals surface area contributed by atoms with E-state index < -0.39 is 0 Å². The van der Waals surface area contributed by atoms with Crippen LogP contribution in [0, 0.1) is 6.92 Å². The molecule has 1 aromatic carbocycles. The average molecular weight is 375 g/mol. The first kappa shape index (κ1) is 17.1. The van der Waals surface area contributed by atoms with Crippen molar-refractivity contribution in [1.29, 1.82) is 0 Å². The summed E-state index contributed by atoms with van der Waals surface area (Å²) < 4.78 is 1.75. The summed E-state index contributed by atoms with van der Waals surface area (Å²) in [7, 11) is 0.